The molecule has 3 rings (SSSR count). The third kappa shape index (κ3) is 3.60. The summed E-state index contributed by atoms with van der Waals surface area (Å²) in [5.41, 5.74) is 0.985. The van der Waals surface area contributed by atoms with Crippen LogP contribution in [0, 0.1) is 12.8 Å². The van der Waals surface area contributed by atoms with Crippen molar-refractivity contribution in [3.8, 4) is 0 Å². The van der Waals surface area contributed by atoms with Gasteiger partial charge in [0, 0.05) is 12.3 Å². The minimum Gasteiger partial charge on any atom is -0.468 e. The molecule has 2 atom stereocenters. The van der Waals surface area contributed by atoms with Crippen molar-refractivity contribution >= 4 is 15.8 Å². The van der Waals surface area contributed by atoms with Gasteiger partial charge in [0.05, 0.1) is 17.2 Å². The van der Waals surface area contributed by atoms with Gasteiger partial charge < -0.3 is 4.42 Å². The van der Waals surface area contributed by atoms with Crippen LogP contribution in [0.15, 0.2) is 52.0 Å². The second-order valence-corrected chi connectivity index (χ2v) is 7.96. The fraction of sp³-hybridized carbons (Fsp3) is 0.389. The SMILES string of the molecule is Cc1ccc(S(=O)(=O)N[C@H](c2ccco2)[C@H]2CCCCC2=O)cc1. The Labute approximate surface area is 142 Å². The van der Waals surface area contributed by atoms with Crippen LogP contribution < -0.4 is 4.72 Å². The zero-order valence-corrected chi connectivity index (χ0v) is 14.4. The quantitative estimate of drug-likeness (QED) is 0.900. The van der Waals surface area contributed by atoms with E-state index in [1.165, 1.54) is 6.26 Å². The van der Waals surface area contributed by atoms with Crippen molar-refractivity contribution in [2.45, 2.75) is 43.5 Å². The number of furan rings is 1. The number of Topliss-reactive ketones (excluding diaryl/α,β-unsaturated/α-hetero) is 1. The lowest BCUT2D eigenvalue weighted by Crippen LogP contribution is -2.37. The van der Waals surface area contributed by atoms with E-state index >= 15 is 0 Å². The monoisotopic (exact) mass is 347 g/mol. The minimum atomic E-state index is -3.74. The van der Waals surface area contributed by atoms with Crippen LogP contribution in [0.1, 0.15) is 43.0 Å². The summed E-state index contributed by atoms with van der Waals surface area (Å²) in [6.45, 7) is 1.90. The molecule has 1 aromatic heterocycles. The molecule has 1 aromatic carbocycles. The van der Waals surface area contributed by atoms with Crippen LogP contribution in [0.5, 0.6) is 0 Å². The third-order valence-electron chi connectivity index (χ3n) is 4.47. The van der Waals surface area contributed by atoms with Gasteiger partial charge in [-0.1, -0.05) is 24.1 Å². The molecular formula is C18H21NO4S. The van der Waals surface area contributed by atoms with Gasteiger partial charge in [-0.2, -0.15) is 4.72 Å². The summed E-state index contributed by atoms with van der Waals surface area (Å²) in [5, 5.41) is 0. The van der Waals surface area contributed by atoms with E-state index in [4.69, 9.17) is 4.42 Å². The zero-order valence-electron chi connectivity index (χ0n) is 13.6. The molecule has 128 valence electrons. The number of ketones is 1. The third-order valence-corrected chi connectivity index (χ3v) is 5.92. The predicted octanol–water partition coefficient (Wildman–Crippen LogP) is 3.37. The van der Waals surface area contributed by atoms with Crippen LogP contribution in [0.2, 0.25) is 0 Å². The Morgan fingerprint density at radius 1 is 1.17 bits per heavy atom. The molecule has 0 bridgehead atoms. The minimum absolute atomic E-state index is 0.0919. The van der Waals surface area contributed by atoms with E-state index in [1.54, 1.807) is 36.4 Å². The molecule has 1 aliphatic carbocycles. The summed E-state index contributed by atoms with van der Waals surface area (Å²) in [6.07, 6.45) is 4.44. The Morgan fingerprint density at radius 2 is 1.92 bits per heavy atom. The molecule has 24 heavy (non-hydrogen) atoms. The van der Waals surface area contributed by atoms with E-state index < -0.39 is 16.1 Å². The largest absolute Gasteiger partial charge is 0.468 e. The molecular weight excluding hydrogens is 326 g/mol. The predicted molar refractivity (Wildman–Crippen MR) is 89.9 cm³/mol. The normalized spacial score (nSPS) is 20.0. The Bertz CT molecular complexity index is 794. The molecule has 2 aromatic rings. The molecule has 0 unspecified atom stereocenters. The van der Waals surface area contributed by atoms with Crippen LogP contribution in [-0.4, -0.2) is 14.2 Å². The standard InChI is InChI=1S/C18H21NO4S/c1-13-8-10-14(11-9-13)24(21,22)19-18(17-7-4-12-23-17)15-5-2-3-6-16(15)20/h4,7-12,15,18-19H,2-3,5-6H2,1H3/t15-,18-/m0/s1. The van der Waals surface area contributed by atoms with E-state index in [-0.39, 0.29) is 16.6 Å². The van der Waals surface area contributed by atoms with Crippen LogP contribution in [0.4, 0.5) is 0 Å². The summed E-state index contributed by atoms with van der Waals surface area (Å²) >= 11 is 0. The van der Waals surface area contributed by atoms with Crippen molar-refractivity contribution in [1.29, 1.82) is 0 Å². The molecule has 0 radical (unpaired) electrons. The lowest BCUT2D eigenvalue weighted by Gasteiger charge is -2.28. The van der Waals surface area contributed by atoms with Crippen LogP contribution in [0.25, 0.3) is 0 Å². The smallest absolute Gasteiger partial charge is 0.241 e. The van der Waals surface area contributed by atoms with Gasteiger partial charge >= 0.3 is 0 Å². The summed E-state index contributed by atoms with van der Waals surface area (Å²) in [7, 11) is -3.74. The highest BCUT2D eigenvalue weighted by Crippen LogP contribution is 2.33. The van der Waals surface area contributed by atoms with Gasteiger partial charge in [-0.25, -0.2) is 8.42 Å². The lowest BCUT2D eigenvalue weighted by atomic mass is 9.82. The van der Waals surface area contributed by atoms with Gasteiger partial charge in [-0.3, -0.25) is 4.79 Å². The van der Waals surface area contributed by atoms with E-state index in [2.05, 4.69) is 4.72 Å². The van der Waals surface area contributed by atoms with Crippen molar-refractivity contribution < 1.29 is 17.6 Å². The first kappa shape index (κ1) is 16.9. The van der Waals surface area contributed by atoms with Gasteiger partial charge in [0.2, 0.25) is 10.0 Å². The van der Waals surface area contributed by atoms with Crippen molar-refractivity contribution in [3.05, 3.63) is 54.0 Å². The number of nitrogens with one attached hydrogen (secondary N) is 1. The maximum absolute atomic E-state index is 12.7. The number of rotatable bonds is 5. The average Bonchev–Trinajstić information content (AvgIpc) is 3.08. The molecule has 6 heteroatoms. The second-order valence-electron chi connectivity index (χ2n) is 6.25. The first-order valence-corrected chi connectivity index (χ1v) is 9.61. The van der Waals surface area contributed by atoms with Crippen molar-refractivity contribution in [2.24, 2.45) is 5.92 Å². The van der Waals surface area contributed by atoms with Gasteiger partial charge in [0.25, 0.3) is 0 Å². The highest BCUT2D eigenvalue weighted by Gasteiger charge is 2.35. The van der Waals surface area contributed by atoms with Gasteiger partial charge in [0.15, 0.2) is 0 Å². The first-order valence-electron chi connectivity index (χ1n) is 8.12. The van der Waals surface area contributed by atoms with Gasteiger partial charge in [-0.05, 0) is 44.0 Å². The van der Waals surface area contributed by atoms with Crippen molar-refractivity contribution in [3.63, 3.8) is 0 Å². The number of carbonyl (C=O) groups is 1. The zero-order chi connectivity index (χ0) is 17.2. The Kier molecular flexibility index (Phi) is 4.87. The lowest BCUT2D eigenvalue weighted by molar-refractivity contribution is -0.125. The van der Waals surface area contributed by atoms with E-state index in [0.29, 0.717) is 18.6 Å². The Morgan fingerprint density at radius 3 is 2.54 bits per heavy atom. The Hall–Kier alpha value is -1.92. The van der Waals surface area contributed by atoms with Crippen molar-refractivity contribution in [1.82, 2.24) is 4.72 Å². The number of hydrogen-bond acceptors (Lipinski definition) is 4. The summed E-state index contributed by atoms with van der Waals surface area (Å²) < 4.78 is 33.6. The maximum atomic E-state index is 12.7. The molecule has 1 fully saturated rings. The number of aryl methyl sites for hydroxylation is 1. The van der Waals surface area contributed by atoms with Crippen LogP contribution in [0.3, 0.4) is 0 Å². The van der Waals surface area contributed by atoms with Gasteiger partial charge in [0.1, 0.15) is 11.5 Å². The van der Waals surface area contributed by atoms with Crippen molar-refractivity contribution in [2.75, 3.05) is 0 Å². The van der Waals surface area contributed by atoms with Crippen LogP contribution >= 0.6 is 0 Å². The molecule has 0 amide bonds. The fourth-order valence-electron chi connectivity index (χ4n) is 3.12. The Balaban J connectivity index is 1.91. The molecule has 1 aliphatic rings. The molecule has 1 saturated carbocycles. The molecule has 0 saturated heterocycles. The van der Waals surface area contributed by atoms with E-state index in [0.717, 1.165) is 18.4 Å². The maximum Gasteiger partial charge on any atom is 0.241 e. The van der Waals surface area contributed by atoms with E-state index in [1.807, 2.05) is 6.92 Å². The fourth-order valence-corrected chi connectivity index (χ4v) is 4.37. The number of benzene rings is 1. The molecule has 1 N–H and O–H groups in total. The number of hydrogen-bond donors (Lipinski definition) is 1. The summed E-state index contributed by atoms with van der Waals surface area (Å²) in [4.78, 5) is 12.5. The van der Waals surface area contributed by atoms with Crippen LogP contribution in [-0.2, 0) is 14.8 Å². The summed E-state index contributed by atoms with van der Waals surface area (Å²) in [5.74, 6) is 0.185. The average molecular weight is 347 g/mol. The van der Waals surface area contributed by atoms with E-state index in [9.17, 15) is 13.2 Å². The topological polar surface area (TPSA) is 76.4 Å². The molecule has 5 nitrogen and oxygen atoms in total. The number of carbonyl (C=O) groups excluding carboxylic acids is 1. The second kappa shape index (κ2) is 6.91. The highest BCUT2D eigenvalue weighted by molar-refractivity contribution is 7.89. The number of sulfonamides is 1. The summed E-state index contributed by atoms with van der Waals surface area (Å²) in [6, 6.07) is 9.39. The highest BCUT2D eigenvalue weighted by atomic mass is 32.2. The van der Waals surface area contributed by atoms with Gasteiger partial charge in [-0.15, -0.1) is 0 Å². The molecule has 1 heterocycles. The molecule has 0 aliphatic heterocycles. The first-order chi connectivity index (χ1) is 11.5. The molecule has 0 spiro atoms.